The molecular weight excluding hydrogens is 158 g/mol. The van der Waals surface area contributed by atoms with Gasteiger partial charge in [-0.25, -0.2) is 0 Å². The molecule has 1 fully saturated rings. The van der Waals surface area contributed by atoms with Crippen LogP contribution in [-0.2, 0) is 0 Å². The topological polar surface area (TPSA) is 3.24 Å². The van der Waals surface area contributed by atoms with Crippen LogP contribution < -0.4 is 0 Å². The van der Waals surface area contributed by atoms with E-state index in [0.717, 1.165) is 17.8 Å². The molecule has 1 aliphatic heterocycles. The van der Waals surface area contributed by atoms with E-state index in [9.17, 15) is 0 Å². The monoisotopic (exact) mass is 175 g/mol. The van der Waals surface area contributed by atoms with Crippen molar-refractivity contribution in [2.45, 2.75) is 32.7 Å². The zero-order valence-electron chi connectivity index (χ0n) is 7.52. The van der Waals surface area contributed by atoms with Gasteiger partial charge in [0.2, 0.25) is 0 Å². The Morgan fingerprint density at radius 1 is 1.64 bits per heavy atom. The van der Waals surface area contributed by atoms with Crippen molar-refractivity contribution in [2.75, 3.05) is 19.0 Å². The Morgan fingerprint density at radius 2 is 2.36 bits per heavy atom. The van der Waals surface area contributed by atoms with E-state index in [-0.39, 0.29) is 0 Å². The van der Waals surface area contributed by atoms with Crippen molar-refractivity contribution in [3.8, 4) is 0 Å². The van der Waals surface area contributed by atoms with E-state index in [0.29, 0.717) is 0 Å². The highest BCUT2D eigenvalue weighted by atomic mass is 35.5. The Morgan fingerprint density at radius 3 is 2.82 bits per heavy atom. The van der Waals surface area contributed by atoms with Gasteiger partial charge in [0.05, 0.1) is 0 Å². The third-order valence-corrected chi connectivity index (χ3v) is 3.19. The van der Waals surface area contributed by atoms with Gasteiger partial charge in [0.25, 0.3) is 0 Å². The van der Waals surface area contributed by atoms with Gasteiger partial charge in [-0.1, -0.05) is 6.92 Å². The molecule has 0 amide bonds. The smallest absolute Gasteiger partial charge is 0.0264 e. The summed E-state index contributed by atoms with van der Waals surface area (Å²) < 4.78 is 0. The third kappa shape index (κ3) is 2.34. The fourth-order valence-corrected chi connectivity index (χ4v) is 1.90. The lowest BCUT2D eigenvalue weighted by Crippen LogP contribution is -2.30. The first kappa shape index (κ1) is 9.34. The maximum Gasteiger partial charge on any atom is 0.0264 e. The molecule has 0 saturated carbocycles. The fraction of sp³-hybridized carbons (Fsp3) is 1.00. The van der Waals surface area contributed by atoms with Crippen molar-refractivity contribution in [3.63, 3.8) is 0 Å². The van der Waals surface area contributed by atoms with E-state index in [1.165, 1.54) is 25.9 Å². The van der Waals surface area contributed by atoms with Crippen LogP contribution in [0.5, 0.6) is 0 Å². The van der Waals surface area contributed by atoms with Crippen molar-refractivity contribution in [2.24, 2.45) is 5.92 Å². The molecule has 0 aromatic rings. The Bertz CT molecular complexity index is 116. The van der Waals surface area contributed by atoms with Crippen LogP contribution in [0.2, 0.25) is 0 Å². The minimum atomic E-state index is 0.753. The zero-order chi connectivity index (χ0) is 8.27. The van der Waals surface area contributed by atoms with Gasteiger partial charge in [-0.05, 0) is 32.2 Å². The first-order chi connectivity index (χ1) is 5.27. The van der Waals surface area contributed by atoms with Crippen LogP contribution >= 0.6 is 11.6 Å². The molecule has 0 aromatic heterocycles. The second-order valence-electron chi connectivity index (χ2n) is 3.56. The Hall–Kier alpha value is 0.250. The van der Waals surface area contributed by atoms with Gasteiger partial charge >= 0.3 is 0 Å². The standard InChI is InChI=1S/C9H18ClN/c1-3-8(2)11-5-4-9(6-10)7-11/h8-9H,3-7H2,1-2H3. The number of nitrogens with zero attached hydrogens (tertiary/aromatic N) is 1. The number of rotatable bonds is 3. The summed E-state index contributed by atoms with van der Waals surface area (Å²) in [5, 5.41) is 0. The number of likely N-dealkylation sites (tertiary alicyclic amines) is 1. The van der Waals surface area contributed by atoms with Gasteiger partial charge in [-0.2, -0.15) is 0 Å². The quantitative estimate of drug-likeness (QED) is 0.596. The lowest BCUT2D eigenvalue weighted by Gasteiger charge is -2.22. The average Bonchev–Trinajstić information content (AvgIpc) is 2.50. The molecule has 0 radical (unpaired) electrons. The van der Waals surface area contributed by atoms with Gasteiger partial charge in [0, 0.05) is 18.5 Å². The maximum absolute atomic E-state index is 5.79. The summed E-state index contributed by atoms with van der Waals surface area (Å²) in [6, 6.07) is 0.753. The molecule has 1 nitrogen and oxygen atoms in total. The first-order valence-corrected chi connectivity index (χ1v) is 5.11. The lowest BCUT2D eigenvalue weighted by atomic mass is 10.2. The first-order valence-electron chi connectivity index (χ1n) is 4.58. The summed E-state index contributed by atoms with van der Waals surface area (Å²) in [6.45, 7) is 7.03. The van der Waals surface area contributed by atoms with E-state index >= 15 is 0 Å². The van der Waals surface area contributed by atoms with Gasteiger partial charge in [-0.3, -0.25) is 0 Å². The molecule has 0 aromatic carbocycles. The Kier molecular flexibility index (Phi) is 3.67. The molecule has 1 rings (SSSR count). The SMILES string of the molecule is CCC(C)N1CCC(CCl)C1. The lowest BCUT2D eigenvalue weighted by molar-refractivity contribution is 0.246. The van der Waals surface area contributed by atoms with Crippen LogP contribution in [0.3, 0.4) is 0 Å². The summed E-state index contributed by atoms with van der Waals surface area (Å²) in [5.41, 5.74) is 0. The predicted molar refractivity (Wildman–Crippen MR) is 50.2 cm³/mol. The molecule has 1 aliphatic rings. The fourth-order valence-electron chi connectivity index (χ4n) is 1.65. The van der Waals surface area contributed by atoms with Crippen LogP contribution in [0.15, 0.2) is 0 Å². The highest BCUT2D eigenvalue weighted by molar-refractivity contribution is 6.18. The molecular formula is C9H18ClN. The second-order valence-corrected chi connectivity index (χ2v) is 3.87. The van der Waals surface area contributed by atoms with Gasteiger partial charge in [0.15, 0.2) is 0 Å². The minimum Gasteiger partial charge on any atom is -0.300 e. The van der Waals surface area contributed by atoms with Crippen molar-refractivity contribution < 1.29 is 0 Å². The van der Waals surface area contributed by atoms with Gasteiger partial charge in [0.1, 0.15) is 0 Å². The predicted octanol–water partition coefficient (Wildman–Crippen LogP) is 2.35. The summed E-state index contributed by atoms with van der Waals surface area (Å²) in [5.74, 6) is 1.60. The Labute approximate surface area is 74.7 Å². The van der Waals surface area contributed by atoms with E-state index < -0.39 is 0 Å². The van der Waals surface area contributed by atoms with Crippen LogP contribution in [0, 0.1) is 5.92 Å². The van der Waals surface area contributed by atoms with E-state index in [1.54, 1.807) is 0 Å². The number of halogens is 1. The molecule has 2 unspecified atom stereocenters. The summed E-state index contributed by atoms with van der Waals surface area (Å²) in [6.07, 6.45) is 2.56. The maximum atomic E-state index is 5.79. The van der Waals surface area contributed by atoms with Crippen molar-refractivity contribution in [1.82, 2.24) is 4.90 Å². The number of hydrogen-bond acceptors (Lipinski definition) is 1. The second kappa shape index (κ2) is 4.32. The molecule has 66 valence electrons. The van der Waals surface area contributed by atoms with Crippen molar-refractivity contribution in [3.05, 3.63) is 0 Å². The van der Waals surface area contributed by atoms with E-state index in [1.807, 2.05) is 0 Å². The van der Waals surface area contributed by atoms with E-state index in [2.05, 4.69) is 18.7 Å². The van der Waals surface area contributed by atoms with Crippen molar-refractivity contribution in [1.29, 1.82) is 0 Å². The molecule has 2 heteroatoms. The summed E-state index contributed by atoms with van der Waals surface area (Å²) in [4.78, 5) is 2.55. The van der Waals surface area contributed by atoms with Crippen LogP contribution in [0.1, 0.15) is 26.7 Å². The highest BCUT2D eigenvalue weighted by Gasteiger charge is 2.23. The average molecular weight is 176 g/mol. The molecule has 0 N–H and O–H groups in total. The van der Waals surface area contributed by atoms with Crippen molar-refractivity contribution >= 4 is 11.6 Å². The molecule has 1 heterocycles. The zero-order valence-corrected chi connectivity index (χ0v) is 8.27. The molecule has 0 spiro atoms. The summed E-state index contributed by atoms with van der Waals surface area (Å²) in [7, 11) is 0. The van der Waals surface area contributed by atoms with Crippen LogP contribution in [0.4, 0.5) is 0 Å². The van der Waals surface area contributed by atoms with Crippen LogP contribution in [-0.4, -0.2) is 29.9 Å². The molecule has 1 saturated heterocycles. The Balaban J connectivity index is 2.29. The molecule has 0 aliphatic carbocycles. The highest BCUT2D eigenvalue weighted by Crippen LogP contribution is 2.20. The normalized spacial score (nSPS) is 29.2. The van der Waals surface area contributed by atoms with Gasteiger partial charge in [-0.15, -0.1) is 11.6 Å². The molecule has 2 atom stereocenters. The molecule has 11 heavy (non-hydrogen) atoms. The number of alkyl halides is 1. The van der Waals surface area contributed by atoms with Gasteiger partial charge < -0.3 is 4.90 Å². The largest absolute Gasteiger partial charge is 0.300 e. The number of hydrogen-bond donors (Lipinski definition) is 0. The summed E-state index contributed by atoms with van der Waals surface area (Å²) >= 11 is 5.79. The third-order valence-electron chi connectivity index (χ3n) is 2.75. The minimum absolute atomic E-state index is 0.753. The molecule has 0 bridgehead atoms. The van der Waals surface area contributed by atoms with Crippen LogP contribution in [0.25, 0.3) is 0 Å². The van der Waals surface area contributed by atoms with E-state index in [4.69, 9.17) is 11.6 Å².